The first-order chi connectivity index (χ1) is 11.5. The number of carbonyl (C=O) groups is 1. The summed E-state index contributed by atoms with van der Waals surface area (Å²) in [5.41, 5.74) is 5.87. The van der Waals surface area contributed by atoms with Crippen LogP contribution in [0.2, 0.25) is 0 Å². The van der Waals surface area contributed by atoms with Crippen LogP contribution in [0.25, 0.3) is 0 Å². The highest BCUT2D eigenvalue weighted by Crippen LogP contribution is 2.14. The minimum Gasteiger partial charge on any atom is -0.372 e. The summed E-state index contributed by atoms with van der Waals surface area (Å²) in [7, 11) is 0. The fraction of sp³-hybridized carbons (Fsp3) is 0.389. The fourth-order valence-corrected chi connectivity index (χ4v) is 2.33. The lowest BCUT2D eigenvalue weighted by molar-refractivity contribution is 0.0950. The molecule has 0 atom stereocenters. The van der Waals surface area contributed by atoms with Gasteiger partial charge in [0.25, 0.3) is 5.91 Å². The molecule has 0 unspecified atom stereocenters. The van der Waals surface area contributed by atoms with Gasteiger partial charge in [-0.3, -0.25) is 9.89 Å². The van der Waals surface area contributed by atoms with E-state index in [1.54, 1.807) is 12.3 Å². The summed E-state index contributed by atoms with van der Waals surface area (Å²) in [5.74, 6) is -0.0268. The highest BCUT2D eigenvalue weighted by molar-refractivity contribution is 5.93. The van der Waals surface area contributed by atoms with Crippen LogP contribution in [0, 0.1) is 0 Å². The third kappa shape index (κ3) is 4.44. The number of amides is 1. The van der Waals surface area contributed by atoms with Crippen LogP contribution in [0.4, 0.5) is 5.69 Å². The zero-order valence-electron chi connectivity index (χ0n) is 14.7. The van der Waals surface area contributed by atoms with E-state index in [2.05, 4.69) is 51.6 Å². The second kappa shape index (κ2) is 8.29. The Balaban J connectivity index is 1.94. The van der Waals surface area contributed by atoms with E-state index < -0.39 is 0 Å². The molecule has 2 N–H and O–H groups in total. The Bertz CT molecular complexity index is 684. The van der Waals surface area contributed by atoms with E-state index in [4.69, 9.17) is 0 Å². The van der Waals surface area contributed by atoms with Gasteiger partial charge in [-0.05, 0) is 43.5 Å². The average Bonchev–Trinajstić information content (AvgIpc) is 3.08. The lowest BCUT2D eigenvalue weighted by Crippen LogP contribution is -2.21. The predicted molar refractivity (Wildman–Crippen MR) is 97.7 cm³/mol. The monoisotopic (exact) mass is 327 g/mol. The molecule has 0 bridgehead atoms. The molecule has 6 nitrogen and oxygen atoms in total. The minimum absolute atomic E-state index is 0.298. The Hall–Kier alpha value is -2.63. The molecule has 0 radical (unpaired) electrons. The van der Waals surface area contributed by atoms with Crippen molar-refractivity contribution in [1.82, 2.24) is 15.6 Å². The van der Waals surface area contributed by atoms with Crippen molar-refractivity contribution < 1.29 is 4.79 Å². The number of carbonyl (C=O) groups excluding carboxylic acids is 1. The van der Waals surface area contributed by atoms with E-state index in [9.17, 15) is 4.79 Å². The second-order valence-corrected chi connectivity index (χ2v) is 5.83. The molecule has 1 aromatic heterocycles. The summed E-state index contributed by atoms with van der Waals surface area (Å²) in [5, 5.41) is 10.8. The molecule has 1 aromatic carbocycles. The van der Waals surface area contributed by atoms with E-state index in [1.165, 1.54) is 5.69 Å². The average molecular weight is 327 g/mol. The van der Waals surface area contributed by atoms with Gasteiger partial charge in [-0.1, -0.05) is 26.0 Å². The second-order valence-electron chi connectivity index (χ2n) is 5.83. The number of nitrogens with zero attached hydrogens (tertiary/aromatic N) is 3. The highest BCUT2D eigenvalue weighted by Gasteiger charge is 2.11. The van der Waals surface area contributed by atoms with Gasteiger partial charge < -0.3 is 4.90 Å². The van der Waals surface area contributed by atoms with E-state index in [-0.39, 0.29) is 5.91 Å². The molecule has 0 aliphatic carbocycles. The lowest BCUT2D eigenvalue weighted by atomic mass is 10.1. The summed E-state index contributed by atoms with van der Waals surface area (Å²) < 4.78 is 0. The zero-order valence-corrected chi connectivity index (χ0v) is 14.7. The van der Waals surface area contributed by atoms with Crippen molar-refractivity contribution in [3.63, 3.8) is 0 Å². The van der Waals surface area contributed by atoms with Gasteiger partial charge in [-0.15, -0.1) is 0 Å². The molecule has 2 aromatic rings. The van der Waals surface area contributed by atoms with E-state index >= 15 is 0 Å². The Labute approximate surface area is 143 Å². The summed E-state index contributed by atoms with van der Waals surface area (Å²) in [4.78, 5) is 14.2. The summed E-state index contributed by atoms with van der Waals surface area (Å²) in [6.07, 6.45) is 1.62. The van der Waals surface area contributed by atoms with Gasteiger partial charge in [0.1, 0.15) is 0 Å². The Morgan fingerprint density at radius 2 is 1.96 bits per heavy atom. The van der Waals surface area contributed by atoms with Gasteiger partial charge in [-0.2, -0.15) is 10.2 Å². The van der Waals surface area contributed by atoms with Gasteiger partial charge in [0, 0.05) is 24.5 Å². The summed E-state index contributed by atoms with van der Waals surface area (Å²) in [6.45, 7) is 10.3. The molecular weight excluding hydrogens is 302 g/mol. The van der Waals surface area contributed by atoms with Gasteiger partial charge in [0.05, 0.1) is 6.21 Å². The Kier molecular flexibility index (Phi) is 6.12. The first kappa shape index (κ1) is 17.7. The normalized spacial score (nSPS) is 11.2. The van der Waals surface area contributed by atoms with Crippen LogP contribution in [0.3, 0.4) is 0 Å². The predicted octanol–water partition coefficient (Wildman–Crippen LogP) is 3.14. The number of anilines is 1. The zero-order chi connectivity index (χ0) is 17.5. The van der Waals surface area contributed by atoms with Crippen LogP contribution in [0.5, 0.6) is 0 Å². The molecule has 0 spiro atoms. The van der Waals surface area contributed by atoms with Crippen molar-refractivity contribution in [3.8, 4) is 0 Å². The standard InChI is InChI=1S/C18H25N5O/c1-5-23(6-2)15-9-7-14(8-10-15)12-19-22-18(24)17-11-16(13(3)4)20-21-17/h7-13H,5-6H2,1-4H3,(H,20,21)(H,22,24)/b19-12+. The van der Waals surface area contributed by atoms with Crippen LogP contribution in [-0.2, 0) is 0 Å². The minimum atomic E-state index is -0.325. The molecular formula is C18H25N5O. The maximum atomic E-state index is 12.0. The molecule has 24 heavy (non-hydrogen) atoms. The molecule has 1 amide bonds. The SMILES string of the molecule is CCN(CC)c1ccc(/C=N/NC(=O)c2cc(C(C)C)[nH]n2)cc1. The summed E-state index contributed by atoms with van der Waals surface area (Å²) >= 11 is 0. The van der Waals surface area contributed by atoms with Crippen molar-refractivity contribution >= 4 is 17.8 Å². The number of rotatable bonds is 7. The maximum absolute atomic E-state index is 12.0. The van der Waals surface area contributed by atoms with Gasteiger partial charge in [0.2, 0.25) is 0 Å². The van der Waals surface area contributed by atoms with Crippen molar-refractivity contribution in [1.29, 1.82) is 0 Å². The van der Waals surface area contributed by atoms with E-state index in [1.807, 2.05) is 26.0 Å². The van der Waals surface area contributed by atoms with Gasteiger partial charge >= 0.3 is 0 Å². The number of aromatic amines is 1. The van der Waals surface area contributed by atoms with Crippen molar-refractivity contribution in [2.24, 2.45) is 5.10 Å². The third-order valence-corrected chi connectivity index (χ3v) is 3.85. The smallest absolute Gasteiger partial charge is 0.291 e. The Morgan fingerprint density at radius 1 is 1.29 bits per heavy atom. The topological polar surface area (TPSA) is 73.4 Å². The van der Waals surface area contributed by atoms with Crippen LogP contribution in [0.15, 0.2) is 35.4 Å². The number of hydrogen-bond acceptors (Lipinski definition) is 4. The molecule has 0 aliphatic rings. The quantitative estimate of drug-likeness (QED) is 0.606. The van der Waals surface area contributed by atoms with Crippen molar-refractivity contribution in [3.05, 3.63) is 47.3 Å². The number of H-pyrrole nitrogens is 1. The van der Waals surface area contributed by atoms with Crippen LogP contribution >= 0.6 is 0 Å². The van der Waals surface area contributed by atoms with Crippen molar-refractivity contribution in [2.75, 3.05) is 18.0 Å². The fourth-order valence-electron chi connectivity index (χ4n) is 2.33. The number of aromatic nitrogens is 2. The van der Waals surface area contributed by atoms with E-state index in [0.29, 0.717) is 11.6 Å². The van der Waals surface area contributed by atoms with Crippen LogP contribution in [0.1, 0.15) is 55.4 Å². The number of hydrogen-bond donors (Lipinski definition) is 2. The molecule has 2 rings (SSSR count). The summed E-state index contributed by atoms with van der Waals surface area (Å²) in [6, 6.07) is 9.81. The molecule has 1 heterocycles. The molecule has 0 saturated heterocycles. The molecule has 128 valence electrons. The molecule has 0 fully saturated rings. The van der Waals surface area contributed by atoms with Crippen LogP contribution < -0.4 is 10.3 Å². The Morgan fingerprint density at radius 3 is 2.50 bits per heavy atom. The number of nitrogens with one attached hydrogen (secondary N) is 2. The van der Waals surface area contributed by atoms with Gasteiger partial charge in [0.15, 0.2) is 5.69 Å². The maximum Gasteiger partial charge on any atom is 0.291 e. The number of hydrazone groups is 1. The van der Waals surface area contributed by atoms with Crippen molar-refractivity contribution in [2.45, 2.75) is 33.6 Å². The third-order valence-electron chi connectivity index (χ3n) is 3.85. The largest absolute Gasteiger partial charge is 0.372 e. The van der Waals surface area contributed by atoms with E-state index in [0.717, 1.165) is 24.3 Å². The molecule has 0 saturated carbocycles. The first-order valence-corrected chi connectivity index (χ1v) is 8.28. The first-order valence-electron chi connectivity index (χ1n) is 8.28. The molecule has 0 aliphatic heterocycles. The van der Waals surface area contributed by atoms with Crippen LogP contribution in [-0.4, -0.2) is 35.4 Å². The number of benzene rings is 1. The molecule has 6 heteroatoms. The highest BCUT2D eigenvalue weighted by atomic mass is 16.2. The lowest BCUT2D eigenvalue weighted by Gasteiger charge is -2.20. The van der Waals surface area contributed by atoms with Gasteiger partial charge in [-0.25, -0.2) is 5.43 Å².